The van der Waals surface area contributed by atoms with Gasteiger partial charge in [-0.2, -0.15) is 0 Å². The van der Waals surface area contributed by atoms with Crippen molar-refractivity contribution in [1.29, 1.82) is 0 Å². The quantitative estimate of drug-likeness (QED) is 0.112. The zero-order valence-electron chi connectivity index (χ0n) is 21.5. The van der Waals surface area contributed by atoms with Gasteiger partial charge in [0.15, 0.2) is 34.7 Å². The Morgan fingerprint density at radius 3 is 1.80 bits per heavy atom. The molecule has 0 spiro atoms. The highest BCUT2D eigenvalue weighted by atomic mass is 16.6. The minimum absolute atomic E-state index is 0.185. The normalized spacial score (nSPS) is 22.7. The lowest BCUT2D eigenvalue weighted by Crippen LogP contribution is -2.58. The van der Waals surface area contributed by atoms with Crippen LogP contribution in [0.2, 0.25) is 0 Å². The van der Waals surface area contributed by atoms with Crippen molar-refractivity contribution in [2.45, 2.75) is 49.6 Å². The predicted molar refractivity (Wildman–Crippen MR) is 137 cm³/mol. The first-order valence-electron chi connectivity index (χ1n) is 12.2. The molecule has 1 aliphatic rings. The maximum atomic E-state index is 12.5. The summed E-state index contributed by atoms with van der Waals surface area (Å²) in [5.41, 5.74) is -1.04. The molecule has 3 rings (SSSR count). The van der Waals surface area contributed by atoms with Gasteiger partial charge in [-0.15, -0.1) is 0 Å². The third-order valence-corrected chi connectivity index (χ3v) is 6.21. The second kappa shape index (κ2) is 13.0. The zero-order chi connectivity index (χ0) is 29.4. The lowest BCUT2D eigenvalue weighted by atomic mass is 9.79. The molecule has 4 atom stereocenters. The molecule has 0 aromatic heterocycles. The van der Waals surface area contributed by atoms with E-state index in [9.17, 15) is 45.0 Å². The summed E-state index contributed by atoms with van der Waals surface area (Å²) in [6.45, 7) is 0. The highest BCUT2D eigenvalue weighted by molar-refractivity contribution is 5.84. The number of carbonyl (C=O) groups excluding carboxylic acids is 3. The molecule has 2 aromatic rings. The van der Waals surface area contributed by atoms with Gasteiger partial charge >= 0.3 is 17.9 Å². The number of methoxy groups -OCH3 is 1. The summed E-state index contributed by atoms with van der Waals surface area (Å²) in [4.78, 5) is 37.2. The molecule has 40 heavy (non-hydrogen) atoms. The van der Waals surface area contributed by atoms with Gasteiger partial charge in [-0.25, -0.2) is 14.4 Å². The number of benzene rings is 2. The number of aliphatic hydroxyl groups excluding tert-OH is 1. The van der Waals surface area contributed by atoms with Gasteiger partial charge in [-0.05, 0) is 48.2 Å². The molecular formula is C28H30O12. The minimum atomic E-state index is -2.20. The predicted octanol–water partition coefficient (Wildman–Crippen LogP) is 1.29. The summed E-state index contributed by atoms with van der Waals surface area (Å²) < 4.78 is 15.3. The van der Waals surface area contributed by atoms with Crippen molar-refractivity contribution >= 4 is 17.9 Å². The Bertz CT molecular complexity index is 1300. The van der Waals surface area contributed by atoms with E-state index < -0.39 is 54.7 Å². The molecular weight excluding hydrogens is 528 g/mol. The minimum Gasteiger partial charge on any atom is -0.504 e. The van der Waals surface area contributed by atoms with Crippen LogP contribution in [0.1, 0.15) is 24.0 Å². The van der Waals surface area contributed by atoms with Crippen molar-refractivity contribution in [2.24, 2.45) is 0 Å². The molecule has 1 saturated carbocycles. The summed E-state index contributed by atoms with van der Waals surface area (Å²) in [6, 6.07) is 8.28. The molecule has 6 N–H and O–H groups in total. The van der Waals surface area contributed by atoms with Crippen molar-refractivity contribution in [3.63, 3.8) is 0 Å². The standard InChI is InChI=1S/C28H30O12/c1-38-27(36)28(37)14-22(33)26(40-25(35)7-3-5-17-9-11-19(30)21(32)13-17)23(15-28)39-24(34)6-2-4-16-8-10-18(29)20(31)12-16/h2-3,6-13,22-23,26,29-33,37H,4-5,14-15H2,1H3/b6-2+,7-3+/t22-,23-,26-,28+/m1/s1. The van der Waals surface area contributed by atoms with Crippen molar-refractivity contribution in [3.8, 4) is 23.0 Å². The first-order valence-corrected chi connectivity index (χ1v) is 12.2. The van der Waals surface area contributed by atoms with Crippen LogP contribution in [0, 0.1) is 0 Å². The molecule has 12 heteroatoms. The van der Waals surface area contributed by atoms with E-state index in [0.717, 1.165) is 19.3 Å². The number of carbonyl (C=O) groups is 3. The summed E-state index contributed by atoms with van der Waals surface area (Å²) >= 11 is 0. The van der Waals surface area contributed by atoms with E-state index in [-0.39, 0.29) is 35.8 Å². The third-order valence-electron chi connectivity index (χ3n) is 6.21. The van der Waals surface area contributed by atoms with Gasteiger partial charge in [0, 0.05) is 25.0 Å². The molecule has 0 unspecified atom stereocenters. The Kier molecular flexibility index (Phi) is 9.75. The van der Waals surface area contributed by atoms with E-state index >= 15 is 0 Å². The number of rotatable bonds is 9. The summed E-state index contributed by atoms with van der Waals surface area (Å²) in [6.07, 6.45) is -0.184. The Balaban J connectivity index is 1.69. The van der Waals surface area contributed by atoms with Gasteiger partial charge < -0.3 is 44.8 Å². The van der Waals surface area contributed by atoms with Crippen molar-refractivity contribution in [3.05, 3.63) is 71.8 Å². The third kappa shape index (κ3) is 7.74. The number of hydrogen-bond acceptors (Lipinski definition) is 12. The molecule has 12 nitrogen and oxygen atoms in total. The lowest BCUT2D eigenvalue weighted by Gasteiger charge is -2.41. The Labute approximate surface area is 229 Å². The number of phenols is 4. The topological polar surface area (TPSA) is 200 Å². The van der Waals surface area contributed by atoms with Crippen molar-refractivity contribution in [2.75, 3.05) is 7.11 Å². The maximum absolute atomic E-state index is 12.5. The number of phenolic OH excluding ortho intramolecular Hbond substituents is 4. The SMILES string of the molecule is COC(=O)[C@]1(O)C[C@@H](O)[C@@H](OC(=O)/C=C/Cc2ccc(O)c(O)c2)[C@H](OC(=O)/C=C/Cc2ccc(O)c(O)c2)C1. The molecule has 1 fully saturated rings. The van der Waals surface area contributed by atoms with Gasteiger partial charge in [-0.3, -0.25) is 0 Å². The van der Waals surface area contributed by atoms with Crippen LogP contribution in [-0.4, -0.2) is 79.6 Å². The van der Waals surface area contributed by atoms with Gasteiger partial charge in [0.25, 0.3) is 0 Å². The van der Waals surface area contributed by atoms with Gasteiger partial charge in [0.1, 0.15) is 6.10 Å². The fourth-order valence-electron chi connectivity index (χ4n) is 4.20. The van der Waals surface area contributed by atoms with E-state index in [2.05, 4.69) is 4.74 Å². The Hall–Kier alpha value is -4.55. The second-order valence-corrected chi connectivity index (χ2v) is 9.23. The molecule has 1 aliphatic carbocycles. The molecule has 2 aromatic carbocycles. The first kappa shape index (κ1) is 30.0. The molecule has 0 bridgehead atoms. The molecule has 214 valence electrons. The van der Waals surface area contributed by atoms with Crippen LogP contribution in [0.5, 0.6) is 23.0 Å². The van der Waals surface area contributed by atoms with Crippen molar-refractivity contribution in [1.82, 2.24) is 0 Å². The maximum Gasteiger partial charge on any atom is 0.338 e. The fourth-order valence-corrected chi connectivity index (χ4v) is 4.20. The highest BCUT2D eigenvalue weighted by Gasteiger charge is 2.52. The number of esters is 3. The Morgan fingerprint density at radius 2 is 1.32 bits per heavy atom. The van der Waals surface area contributed by atoms with Crippen LogP contribution in [0.25, 0.3) is 0 Å². The van der Waals surface area contributed by atoms with Crippen molar-refractivity contribution < 1.29 is 59.2 Å². The van der Waals surface area contributed by atoms with Gasteiger partial charge in [0.2, 0.25) is 0 Å². The second-order valence-electron chi connectivity index (χ2n) is 9.23. The van der Waals surface area contributed by atoms with Crippen LogP contribution in [-0.2, 0) is 41.4 Å². The van der Waals surface area contributed by atoms with E-state index in [4.69, 9.17) is 9.47 Å². The lowest BCUT2D eigenvalue weighted by molar-refractivity contribution is -0.206. The number of aromatic hydroxyl groups is 4. The summed E-state index contributed by atoms with van der Waals surface area (Å²) in [7, 11) is 1.04. The van der Waals surface area contributed by atoms with Crippen LogP contribution < -0.4 is 0 Å². The molecule has 0 amide bonds. The fraction of sp³-hybridized carbons (Fsp3) is 0.321. The average molecular weight is 559 g/mol. The smallest absolute Gasteiger partial charge is 0.338 e. The van der Waals surface area contributed by atoms with E-state index in [1.165, 1.54) is 48.6 Å². The number of aliphatic hydroxyl groups is 2. The van der Waals surface area contributed by atoms with Gasteiger partial charge in [0.05, 0.1) is 13.2 Å². The van der Waals surface area contributed by atoms with E-state index in [0.29, 0.717) is 11.1 Å². The molecule has 0 saturated heterocycles. The van der Waals surface area contributed by atoms with Crippen LogP contribution in [0.3, 0.4) is 0 Å². The summed E-state index contributed by atoms with van der Waals surface area (Å²) in [5.74, 6) is -4.12. The van der Waals surface area contributed by atoms with Gasteiger partial charge in [-0.1, -0.05) is 24.3 Å². The largest absolute Gasteiger partial charge is 0.504 e. The zero-order valence-corrected chi connectivity index (χ0v) is 21.5. The number of ether oxygens (including phenoxy) is 3. The van der Waals surface area contributed by atoms with E-state index in [1.54, 1.807) is 0 Å². The first-order chi connectivity index (χ1) is 18.9. The number of hydrogen-bond donors (Lipinski definition) is 6. The van der Waals surface area contributed by atoms with E-state index in [1.807, 2.05) is 0 Å². The molecule has 0 aliphatic heterocycles. The highest BCUT2D eigenvalue weighted by Crippen LogP contribution is 2.34. The van der Waals surface area contributed by atoms with Crippen LogP contribution in [0.15, 0.2) is 60.7 Å². The number of allylic oxidation sites excluding steroid dienone is 2. The average Bonchev–Trinajstić information content (AvgIpc) is 2.89. The van der Waals surface area contributed by atoms with Crippen LogP contribution >= 0.6 is 0 Å². The molecule has 0 radical (unpaired) electrons. The van der Waals surface area contributed by atoms with Crippen LogP contribution in [0.4, 0.5) is 0 Å². The monoisotopic (exact) mass is 558 g/mol. The molecule has 0 heterocycles. The Morgan fingerprint density at radius 1 is 0.825 bits per heavy atom. The summed E-state index contributed by atoms with van der Waals surface area (Å²) in [5, 5.41) is 59.3.